The molecule has 60 heavy (non-hydrogen) atoms. The van der Waals surface area contributed by atoms with Crippen molar-refractivity contribution in [2.75, 3.05) is 4.90 Å². The van der Waals surface area contributed by atoms with Crippen LogP contribution in [-0.4, -0.2) is 0 Å². The first-order chi connectivity index (χ1) is 29.7. The zero-order chi connectivity index (χ0) is 39.8. The zero-order valence-electron chi connectivity index (χ0n) is 35.0. The largest absolute Gasteiger partial charge is 0.310 e. The maximum absolute atomic E-state index is 2.69. The van der Waals surface area contributed by atoms with Crippen LogP contribution in [0.3, 0.4) is 0 Å². The summed E-state index contributed by atoms with van der Waals surface area (Å²) in [5.41, 5.74) is 21.0. The van der Waals surface area contributed by atoms with Gasteiger partial charge in [-0.1, -0.05) is 166 Å². The van der Waals surface area contributed by atoms with Gasteiger partial charge >= 0.3 is 0 Å². The minimum atomic E-state index is 0.0721. The van der Waals surface area contributed by atoms with Gasteiger partial charge in [0.15, 0.2) is 0 Å². The van der Waals surface area contributed by atoms with Gasteiger partial charge in [0.05, 0.1) is 5.69 Å². The Kier molecular flexibility index (Phi) is 8.59. The Hall–Kier alpha value is -5.66. The van der Waals surface area contributed by atoms with Crippen LogP contribution in [0.5, 0.6) is 0 Å². The molecule has 5 aliphatic rings. The molecule has 7 aromatic rings. The lowest BCUT2D eigenvalue weighted by molar-refractivity contribution is 0.0492. The van der Waals surface area contributed by atoms with E-state index in [0.717, 1.165) is 5.92 Å². The van der Waals surface area contributed by atoms with E-state index in [4.69, 9.17) is 0 Å². The highest BCUT2D eigenvalue weighted by molar-refractivity contribution is 5.94. The van der Waals surface area contributed by atoms with Crippen LogP contribution in [0.4, 0.5) is 17.1 Å². The summed E-state index contributed by atoms with van der Waals surface area (Å²) >= 11 is 0. The molecule has 0 aliphatic heterocycles. The smallest absolute Gasteiger partial charge is 0.0540 e. The molecule has 2 unspecified atom stereocenters. The quantitative estimate of drug-likeness (QED) is 0.163. The Balaban J connectivity index is 1.11. The second-order valence-electron chi connectivity index (χ2n) is 18.9. The van der Waals surface area contributed by atoms with Crippen molar-refractivity contribution < 1.29 is 0 Å². The topological polar surface area (TPSA) is 3.24 Å². The van der Waals surface area contributed by atoms with Crippen molar-refractivity contribution >= 4 is 17.1 Å². The van der Waals surface area contributed by atoms with E-state index in [-0.39, 0.29) is 10.8 Å². The van der Waals surface area contributed by atoms with Gasteiger partial charge in [0.1, 0.15) is 0 Å². The maximum atomic E-state index is 2.69. The summed E-state index contributed by atoms with van der Waals surface area (Å²) in [5, 5.41) is 0. The molecule has 0 N–H and O–H groups in total. The van der Waals surface area contributed by atoms with Crippen LogP contribution in [0.1, 0.15) is 99.8 Å². The van der Waals surface area contributed by atoms with Crippen molar-refractivity contribution in [3.63, 3.8) is 0 Å². The van der Waals surface area contributed by atoms with Gasteiger partial charge in [0.2, 0.25) is 0 Å². The first kappa shape index (κ1) is 36.2. The van der Waals surface area contributed by atoms with Crippen molar-refractivity contribution in [1.29, 1.82) is 0 Å². The van der Waals surface area contributed by atoms with E-state index >= 15 is 0 Å². The molecule has 1 heteroatoms. The molecule has 2 atom stereocenters. The van der Waals surface area contributed by atoms with Crippen LogP contribution < -0.4 is 4.90 Å². The van der Waals surface area contributed by atoms with Crippen molar-refractivity contribution in [2.24, 2.45) is 17.8 Å². The van der Waals surface area contributed by atoms with Gasteiger partial charge < -0.3 is 4.90 Å². The summed E-state index contributed by atoms with van der Waals surface area (Å²) in [6.45, 7) is 2.44. The zero-order valence-corrected chi connectivity index (χ0v) is 35.0. The van der Waals surface area contributed by atoms with Crippen molar-refractivity contribution in [3.05, 3.63) is 186 Å². The Morgan fingerprint density at radius 2 is 1.02 bits per heavy atom. The molecule has 5 aliphatic carbocycles. The van der Waals surface area contributed by atoms with Gasteiger partial charge in [-0.3, -0.25) is 0 Å². The monoisotopic (exact) mass is 777 g/mol. The van der Waals surface area contributed by atoms with Gasteiger partial charge in [0.25, 0.3) is 0 Å². The average molecular weight is 778 g/mol. The van der Waals surface area contributed by atoms with Crippen LogP contribution in [0.25, 0.3) is 44.5 Å². The van der Waals surface area contributed by atoms with E-state index < -0.39 is 0 Å². The van der Waals surface area contributed by atoms with E-state index in [2.05, 4.69) is 176 Å². The highest BCUT2D eigenvalue weighted by Crippen LogP contribution is 2.66. The summed E-state index contributed by atoms with van der Waals surface area (Å²) in [7, 11) is 0. The van der Waals surface area contributed by atoms with Gasteiger partial charge in [-0.25, -0.2) is 0 Å². The van der Waals surface area contributed by atoms with E-state index in [1.165, 1.54) is 138 Å². The molecule has 296 valence electrons. The lowest BCUT2D eigenvalue weighted by atomic mass is 9.49. The van der Waals surface area contributed by atoms with Crippen LogP contribution >= 0.6 is 0 Å². The molecule has 0 saturated heterocycles. The number of anilines is 3. The number of hydrogen-bond donors (Lipinski definition) is 0. The van der Waals surface area contributed by atoms with Crippen LogP contribution in [-0.2, 0) is 10.8 Å². The molecule has 0 heterocycles. The van der Waals surface area contributed by atoms with Gasteiger partial charge in [-0.05, 0) is 154 Å². The highest BCUT2D eigenvalue weighted by atomic mass is 15.1. The van der Waals surface area contributed by atoms with E-state index in [1.807, 2.05) is 0 Å². The summed E-state index contributed by atoms with van der Waals surface area (Å²) in [4.78, 5) is 2.65. The second kappa shape index (κ2) is 14.2. The maximum Gasteiger partial charge on any atom is 0.0540 e. The number of nitrogens with zero attached hydrogens (tertiary/aromatic N) is 1. The lowest BCUT2D eigenvalue weighted by Gasteiger charge is -2.55. The minimum absolute atomic E-state index is 0.0721. The molecule has 12 rings (SSSR count). The van der Waals surface area contributed by atoms with Crippen LogP contribution in [0.2, 0.25) is 0 Å². The number of hydrogen-bond acceptors (Lipinski definition) is 1. The molecule has 0 aromatic heterocycles. The summed E-state index contributed by atoms with van der Waals surface area (Å²) in [6, 6.07) is 63.3. The molecular formula is C59H55N. The molecule has 0 radical (unpaired) electrons. The molecule has 1 nitrogen and oxygen atoms in total. The van der Waals surface area contributed by atoms with Crippen molar-refractivity contribution in [3.8, 4) is 44.5 Å². The number of fused-ring (bicyclic) bond motifs is 8. The third-order valence-electron chi connectivity index (χ3n) is 16.2. The van der Waals surface area contributed by atoms with Crippen LogP contribution in [0.15, 0.2) is 164 Å². The van der Waals surface area contributed by atoms with Gasteiger partial charge in [0, 0.05) is 27.8 Å². The second-order valence-corrected chi connectivity index (χ2v) is 18.9. The predicted octanol–water partition coefficient (Wildman–Crippen LogP) is 16.2. The fourth-order valence-corrected chi connectivity index (χ4v) is 13.7. The Bertz CT molecular complexity index is 2720. The Labute approximate surface area is 357 Å². The minimum Gasteiger partial charge on any atom is -0.310 e. The Morgan fingerprint density at radius 1 is 0.450 bits per heavy atom. The molecule has 3 saturated carbocycles. The molecular weight excluding hydrogens is 723 g/mol. The lowest BCUT2D eigenvalue weighted by Crippen LogP contribution is -2.49. The molecule has 7 aromatic carbocycles. The SMILES string of the molecule is CCC1CC2CCCC(C1)C21c2ccccc2-c2ccc(N(c3ccc4c(c3)C3(CCCCC3)c3ccccc3-4)c3ccc(-c4ccccc4)cc3-c3ccccc3)cc21. The van der Waals surface area contributed by atoms with E-state index in [1.54, 1.807) is 16.7 Å². The van der Waals surface area contributed by atoms with Gasteiger partial charge in [-0.2, -0.15) is 0 Å². The molecule has 2 bridgehead atoms. The summed E-state index contributed by atoms with van der Waals surface area (Å²) in [5.74, 6) is 2.19. The first-order valence-electron chi connectivity index (χ1n) is 23.2. The Morgan fingerprint density at radius 3 is 1.70 bits per heavy atom. The predicted molar refractivity (Wildman–Crippen MR) is 251 cm³/mol. The van der Waals surface area contributed by atoms with Crippen molar-refractivity contribution in [1.82, 2.24) is 0 Å². The number of benzene rings is 7. The fourth-order valence-electron chi connectivity index (χ4n) is 13.7. The van der Waals surface area contributed by atoms with Crippen molar-refractivity contribution in [2.45, 2.75) is 88.4 Å². The molecule has 0 amide bonds. The van der Waals surface area contributed by atoms with Crippen LogP contribution in [0, 0.1) is 17.8 Å². The number of rotatable bonds is 6. The third-order valence-corrected chi connectivity index (χ3v) is 16.2. The normalized spacial score (nSPS) is 22.9. The third kappa shape index (κ3) is 5.30. The standard InChI is InChI=1S/C59H55N/c1-2-40-35-44-21-16-22-45(36-40)59(44)54-26-13-11-24-49(54)51-31-29-47(39-56(51)59)60(57-32-27-43(41-17-6-3-7-18-41)37-52(57)42-19-8-4-9-20-42)46-28-30-50-48-23-10-12-25-53(48)58(55(50)38-46)33-14-5-15-34-58/h3-4,6-13,17-20,23-32,37-40,44-45H,2,5,14-16,21-22,33-36H2,1H3. The summed E-state index contributed by atoms with van der Waals surface area (Å²) in [6.07, 6.45) is 14.4. The first-order valence-corrected chi connectivity index (χ1v) is 23.2. The van der Waals surface area contributed by atoms with E-state index in [0.29, 0.717) is 11.8 Å². The fraction of sp³-hybridized carbons (Fsp3) is 0.288. The van der Waals surface area contributed by atoms with Gasteiger partial charge in [-0.15, -0.1) is 0 Å². The average Bonchev–Trinajstić information content (AvgIpc) is 3.73. The highest BCUT2D eigenvalue weighted by Gasteiger charge is 2.57. The molecule has 3 fully saturated rings. The summed E-state index contributed by atoms with van der Waals surface area (Å²) < 4.78 is 0. The molecule has 2 spiro atoms. The van der Waals surface area contributed by atoms with E-state index in [9.17, 15) is 0 Å².